The van der Waals surface area contributed by atoms with Gasteiger partial charge in [-0.15, -0.1) is 0 Å². The Balaban J connectivity index is 2.37. The summed E-state index contributed by atoms with van der Waals surface area (Å²) < 4.78 is 7.10. The van der Waals surface area contributed by atoms with E-state index in [1.54, 1.807) is 25.1 Å². The first-order valence-electron chi connectivity index (χ1n) is 6.08. The molecule has 2 heterocycles. The van der Waals surface area contributed by atoms with Crippen LogP contribution in [0.2, 0.25) is 0 Å². The van der Waals surface area contributed by atoms with Gasteiger partial charge in [-0.3, -0.25) is 9.59 Å². The van der Waals surface area contributed by atoms with Gasteiger partial charge >= 0.3 is 0 Å². The van der Waals surface area contributed by atoms with Crippen LogP contribution in [-0.4, -0.2) is 42.4 Å². The summed E-state index contributed by atoms with van der Waals surface area (Å²) in [6, 6.07) is 5.54. The van der Waals surface area contributed by atoms with Crippen molar-refractivity contribution in [2.24, 2.45) is 0 Å². The highest BCUT2D eigenvalue weighted by molar-refractivity contribution is 6.10. The van der Waals surface area contributed by atoms with Crippen molar-refractivity contribution >= 4 is 23.1 Å². The number of methoxy groups -OCH3 is 1. The molecule has 1 aliphatic heterocycles. The lowest BCUT2D eigenvalue weighted by molar-refractivity contribution is 0.0747. The standard InChI is InChI=1S/C14H14N2O3/c1-15-5-6-16-12-4-3-9(19-2)7-10(12)11(8-17)13(16)14(15)18/h3-4,7-8H,5-6H2,1-2H3. The lowest BCUT2D eigenvalue weighted by Crippen LogP contribution is -2.37. The molecule has 1 aromatic heterocycles. The maximum absolute atomic E-state index is 12.2. The molecule has 5 heteroatoms. The Labute approximate surface area is 110 Å². The number of carbonyl (C=O) groups is 2. The Kier molecular flexibility index (Phi) is 2.55. The largest absolute Gasteiger partial charge is 0.497 e. The minimum absolute atomic E-state index is 0.108. The first-order chi connectivity index (χ1) is 9.17. The number of carbonyl (C=O) groups excluding carboxylic acids is 2. The van der Waals surface area contributed by atoms with Crippen LogP contribution >= 0.6 is 0 Å². The molecule has 0 N–H and O–H groups in total. The second kappa shape index (κ2) is 4.12. The zero-order chi connectivity index (χ0) is 13.6. The second-order valence-corrected chi connectivity index (χ2v) is 4.64. The van der Waals surface area contributed by atoms with E-state index in [0.717, 1.165) is 17.2 Å². The van der Waals surface area contributed by atoms with E-state index in [2.05, 4.69) is 0 Å². The molecule has 0 bridgehead atoms. The number of hydrogen-bond donors (Lipinski definition) is 0. The molecule has 0 unspecified atom stereocenters. The molecule has 0 aliphatic carbocycles. The lowest BCUT2D eigenvalue weighted by atomic mass is 10.1. The van der Waals surface area contributed by atoms with Gasteiger partial charge in [0.25, 0.3) is 5.91 Å². The van der Waals surface area contributed by atoms with Crippen LogP contribution in [0.5, 0.6) is 5.75 Å². The molecule has 98 valence electrons. The summed E-state index contributed by atoms with van der Waals surface area (Å²) in [4.78, 5) is 25.3. The van der Waals surface area contributed by atoms with Crippen molar-refractivity contribution in [2.45, 2.75) is 6.54 Å². The molecule has 0 saturated heterocycles. The van der Waals surface area contributed by atoms with Gasteiger partial charge in [-0.25, -0.2) is 0 Å². The predicted octanol–water partition coefficient (Wildman–Crippen LogP) is 1.55. The van der Waals surface area contributed by atoms with Crippen LogP contribution in [0.4, 0.5) is 0 Å². The van der Waals surface area contributed by atoms with Crippen molar-refractivity contribution in [1.29, 1.82) is 0 Å². The fourth-order valence-electron chi connectivity index (χ4n) is 2.60. The maximum atomic E-state index is 12.2. The van der Waals surface area contributed by atoms with Gasteiger partial charge < -0.3 is 14.2 Å². The predicted molar refractivity (Wildman–Crippen MR) is 70.8 cm³/mol. The van der Waals surface area contributed by atoms with Crippen molar-refractivity contribution in [1.82, 2.24) is 9.47 Å². The Hall–Kier alpha value is -2.30. The third-order valence-electron chi connectivity index (χ3n) is 3.64. The summed E-state index contributed by atoms with van der Waals surface area (Å²) >= 11 is 0. The number of nitrogens with zero attached hydrogens (tertiary/aromatic N) is 2. The quantitative estimate of drug-likeness (QED) is 0.768. The minimum atomic E-state index is -0.108. The van der Waals surface area contributed by atoms with E-state index in [0.29, 0.717) is 30.1 Å². The third-order valence-corrected chi connectivity index (χ3v) is 3.64. The van der Waals surface area contributed by atoms with Crippen LogP contribution in [0.3, 0.4) is 0 Å². The Bertz CT molecular complexity index is 688. The molecular weight excluding hydrogens is 244 g/mol. The van der Waals surface area contributed by atoms with Gasteiger partial charge in [0, 0.05) is 31.0 Å². The highest BCUT2D eigenvalue weighted by atomic mass is 16.5. The fraction of sp³-hybridized carbons (Fsp3) is 0.286. The van der Waals surface area contributed by atoms with Crippen LogP contribution in [0.15, 0.2) is 18.2 Å². The molecule has 19 heavy (non-hydrogen) atoms. The summed E-state index contributed by atoms with van der Waals surface area (Å²) in [6.45, 7) is 1.36. The minimum Gasteiger partial charge on any atom is -0.497 e. The first-order valence-corrected chi connectivity index (χ1v) is 6.08. The highest BCUT2D eigenvalue weighted by Crippen LogP contribution is 2.30. The molecule has 2 aromatic rings. The molecule has 0 spiro atoms. The van der Waals surface area contributed by atoms with E-state index < -0.39 is 0 Å². The summed E-state index contributed by atoms with van der Waals surface area (Å²) in [5.74, 6) is 0.572. The van der Waals surface area contributed by atoms with Gasteiger partial charge in [-0.1, -0.05) is 0 Å². The average Bonchev–Trinajstić information content (AvgIpc) is 2.76. The molecule has 0 radical (unpaired) electrons. The number of aromatic nitrogens is 1. The molecule has 0 atom stereocenters. The van der Waals surface area contributed by atoms with Crippen molar-refractivity contribution in [3.8, 4) is 5.75 Å². The summed E-state index contributed by atoms with van der Waals surface area (Å²) in [6.07, 6.45) is 0.755. The van der Waals surface area contributed by atoms with Crippen molar-refractivity contribution in [3.05, 3.63) is 29.5 Å². The van der Waals surface area contributed by atoms with Crippen molar-refractivity contribution < 1.29 is 14.3 Å². The number of ether oxygens (including phenoxy) is 1. The molecular formula is C14H14N2O3. The fourth-order valence-corrected chi connectivity index (χ4v) is 2.60. The van der Waals surface area contributed by atoms with E-state index >= 15 is 0 Å². The average molecular weight is 258 g/mol. The van der Waals surface area contributed by atoms with Gasteiger partial charge in [0.05, 0.1) is 12.7 Å². The number of rotatable bonds is 2. The first kappa shape index (κ1) is 11.8. The molecule has 0 saturated carbocycles. The van der Waals surface area contributed by atoms with Gasteiger partial charge in [0.1, 0.15) is 11.4 Å². The van der Waals surface area contributed by atoms with Gasteiger partial charge in [0.2, 0.25) is 0 Å². The Morgan fingerprint density at radius 3 is 2.79 bits per heavy atom. The van der Waals surface area contributed by atoms with Crippen LogP contribution in [0.1, 0.15) is 20.8 Å². The highest BCUT2D eigenvalue weighted by Gasteiger charge is 2.28. The molecule has 1 aliphatic rings. The molecule has 3 rings (SSSR count). The van der Waals surface area contributed by atoms with Gasteiger partial charge in [-0.2, -0.15) is 0 Å². The Morgan fingerprint density at radius 2 is 2.11 bits per heavy atom. The number of likely N-dealkylation sites (N-methyl/N-ethyl adjacent to an activating group) is 1. The number of aldehydes is 1. The third kappa shape index (κ3) is 1.54. The number of hydrogen-bond acceptors (Lipinski definition) is 3. The van der Waals surface area contributed by atoms with E-state index in [9.17, 15) is 9.59 Å². The van der Waals surface area contributed by atoms with E-state index in [-0.39, 0.29) is 5.91 Å². The smallest absolute Gasteiger partial charge is 0.271 e. The normalized spacial score (nSPS) is 14.6. The van der Waals surface area contributed by atoms with Crippen LogP contribution in [0, 0.1) is 0 Å². The summed E-state index contributed by atoms with van der Waals surface area (Å²) in [5.41, 5.74) is 1.83. The second-order valence-electron chi connectivity index (χ2n) is 4.64. The Morgan fingerprint density at radius 1 is 1.32 bits per heavy atom. The molecule has 5 nitrogen and oxygen atoms in total. The number of benzene rings is 1. The maximum Gasteiger partial charge on any atom is 0.271 e. The van der Waals surface area contributed by atoms with Gasteiger partial charge in [0.15, 0.2) is 6.29 Å². The molecule has 1 amide bonds. The number of fused-ring (bicyclic) bond motifs is 3. The molecule has 1 aromatic carbocycles. The van der Waals surface area contributed by atoms with Gasteiger partial charge in [-0.05, 0) is 18.2 Å². The van der Waals surface area contributed by atoms with Crippen LogP contribution < -0.4 is 4.74 Å². The van der Waals surface area contributed by atoms with Crippen LogP contribution in [-0.2, 0) is 6.54 Å². The monoisotopic (exact) mass is 258 g/mol. The van der Waals surface area contributed by atoms with E-state index in [1.165, 1.54) is 0 Å². The summed E-state index contributed by atoms with van der Waals surface area (Å²) in [5, 5.41) is 0.771. The number of amides is 1. The summed E-state index contributed by atoms with van der Waals surface area (Å²) in [7, 11) is 3.33. The van der Waals surface area contributed by atoms with E-state index in [4.69, 9.17) is 4.74 Å². The topological polar surface area (TPSA) is 51.5 Å². The lowest BCUT2D eigenvalue weighted by Gasteiger charge is -2.25. The zero-order valence-corrected chi connectivity index (χ0v) is 10.8. The molecule has 0 fully saturated rings. The van der Waals surface area contributed by atoms with E-state index in [1.807, 2.05) is 16.7 Å². The zero-order valence-electron chi connectivity index (χ0n) is 10.8. The van der Waals surface area contributed by atoms with Crippen LogP contribution in [0.25, 0.3) is 10.9 Å². The van der Waals surface area contributed by atoms with Crippen molar-refractivity contribution in [2.75, 3.05) is 20.7 Å². The van der Waals surface area contributed by atoms with Crippen molar-refractivity contribution in [3.63, 3.8) is 0 Å². The SMILES string of the molecule is COc1ccc2c(c1)c(C=O)c1n2CCN(C)C1=O.